The first-order chi connectivity index (χ1) is 18.4. The standard InChI is InChI=1S/C31H40N4O3S/c1-19(2)16-32-25(36)17-34-26(37)18-39-28(22-11-9-10-12-24(22)38-8)27-29(31(5,6)7)33-35(30(27)34)23-14-13-20(3)15-21(23)4/h9-15,19,28H,16-18H2,1-8H3,(H,32,36)/t28-/m0/s1. The Hall–Kier alpha value is -3.26. The summed E-state index contributed by atoms with van der Waals surface area (Å²) >= 11 is 1.56. The predicted molar refractivity (Wildman–Crippen MR) is 159 cm³/mol. The van der Waals surface area contributed by atoms with Crippen LogP contribution in [0.5, 0.6) is 5.75 Å². The molecule has 0 saturated carbocycles. The summed E-state index contributed by atoms with van der Waals surface area (Å²) < 4.78 is 7.65. The zero-order valence-electron chi connectivity index (χ0n) is 24.3. The Balaban J connectivity index is 2.02. The van der Waals surface area contributed by atoms with Crippen LogP contribution in [0.1, 0.15) is 67.8 Å². The van der Waals surface area contributed by atoms with E-state index in [1.165, 1.54) is 0 Å². The summed E-state index contributed by atoms with van der Waals surface area (Å²) in [5, 5.41) is 7.98. The van der Waals surface area contributed by atoms with Crippen molar-refractivity contribution in [1.82, 2.24) is 15.1 Å². The Morgan fingerprint density at radius 2 is 1.90 bits per heavy atom. The normalized spacial score (nSPS) is 15.8. The summed E-state index contributed by atoms with van der Waals surface area (Å²) in [5.41, 5.74) is 5.57. The van der Waals surface area contributed by atoms with E-state index in [4.69, 9.17) is 9.84 Å². The van der Waals surface area contributed by atoms with Crippen molar-refractivity contribution in [2.75, 3.05) is 30.9 Å². The minimum atomic E-state index is -0.326. The number of thioether (sulfide) groups is 1. The van der Waals surface area contributed by atoms with Crippen molar-refractivity contribution >= 4 is 29.4 Å². The number of hydrogen-bond donors (Lipinski definition) is 1. The monoisotopic (exact) mass is 548 g/mol. The van der Waals surface area contributed by atoms with Gasteiger partial charge in [0.2, 0.25) is 11.8 Å². The number of rotatable bonds is 7. The molecule has 1 atom stereocenters. The van der Waals surface area contributed by atoms with Gasteiger partial charge in [0.05, 0.1) is 29.5 Å². The van der Waals surface area contributed by atoms with Crippen LogP contribution in [0.25, 0.3) is 5.69 Å². The number of amides is 2. The van der Waals surface area contributed by atoms with Crippen LogP contribution in [0.4, 0.5) is 5.82 Å². The number of carbonyl (C=O) groups excluding carboxylic acids is 2. The van der Waals surface area contributed by atoms with E-state index in [9.17, 15) is 9.59 Å². The van der Waals surface area contributed by atoms with Gasteiger partial charge in [-0.15, -0.1) is 11.8 Å². The first-order valence-corrected chi connectivity index (χ1v) is 14.5. The lowest BCUT2D eigenvalue weighted by Crippen LogP contribution is -2.43. The maximum atomic E-state index is 13.8. The second kappa shape index (κ2) is 11.5. The number of anilines is 1. The second-order valence-corrected chi connectivity index (χ2v) is 12.7. The van der Waals surface area contributed by atoms with Gasteiger partial charge in [0.25, 0.3) is 0 Å². The highest BCUT2D eigenvalue weighted by atomic mass is 32.2. The second-order valence-electron chi connectivity index (χ2n) is 11.6. The zero-order valence-corrected chi connectivity index (χ0v) is 25.1. The van der Waals surface area contributed by atoms with Crippen LogP contribution in [-0.2, 0) is 15.0 Å². The van der Waals surface area contributed by atoms with Gasteiger partial charge in [0.15, 0.2) is 0 Å². The Morgan fingerprint density at radius 1 is 1.18 bits per heavy atom. The number of carbonyl (C=O) groups is 2. The fourth-order valence-corrected chi connectivity index (χ4v) is 6.15. The molecule has 0 bridgehead atoms. The molecule has 0 unspecified atom stereocenters. The zero-order chi connectivity index (χ0) is 28.5. The van der Waals surface area contributed by atoms with Gasteiger partial charge < -0.3 is 10.1 Å². The first-order valence-electron chi connectivity index (χ1n) is 13.4. The molecule has 1 aliphatic rings. The number of benzene rings is 2. The van der Waals surface area contributed by atoms with E-state index in [0.717, 1.165) is 39.4 Å². The highest BCUT2D eigenvalue weighted by molar-refractivity contribution is 8.00. The molecule has 2 aromatic carbocycles. The molecule has 3 aromatic rings. The third kappa shape index (κ3) is 6.01. The molecule has 7 nitrogen and oxygen atoms in total. The number of fused-ring (bicyclic) bond motifs is 1. The van der Waals surface area contributed by atoms with Crippen LogP contribution in [0.3, 0.4) is 0 Å². The van der Waals surface area contributed by atoms with Crippen molar-refractivity contribution in [3.63, 3.8) is 0 Å². The minimum absolute atomic E-state index is 0.0715. The lowest BCUT2D eigenvalue weighted by Gasteiger charge is -2.25. The van der Waals surface area contributed by atoms with E-state index < -0.39 is 0 Å². The van der Waals surface area contributed by atoms with Gasteiger partial charge in [-0.25, -0.2) is 4.68 Å². The molecular formula is C31H40N4O3S. The average molecular weight is 549 g/mol. The molecule has 0 radical (unpaired) electrons. The van der Waals surface area contributed by atoms with Crippen molar-refractivity contribution in [3.05, 3.63) is 70.4 Å². The number of methoxy groups -OCH3 is 1. The number of nitrogens with one attached hydrogen (secondary N) is 1. The van der Waals surface area contributed by atoms with E-state index >= 15 is 0 Å². The summed E-state index contributed by atoms with van der Waals surface area (Å²) in [6.07, 6.45) is 0. The highest BCUT2D eigenvalue weighted by Gasteiger charge is 2.40. The van der Waals surface area contributed by atoms with Crippen molar-refractivity contribution in [1.29, 1.82) is 0 Å². The number of aromatic nitrogens is 2. The molecule has 2 heterocycles. The fourth-order valence-electron chi connectivity index (χ4n) is 4.93. The smallest absolute Gasteiger partial charge is 0.240 e. The molecule has 1 aliphatic heterocycles. The first kappa shape index (κ1) is 28.7. The highest BCUT2D eigenvalue weighted by Crippen LogP contribution is 2.50. The third-order valence-corrected chi connectivity index (χ3v) is 8.05. The molecule has 2 amide bonds. The number of ether oxygens (including phenoxy) is 1. The fraction of sp³-hybridized carbons (Fsp3) is 0.452. The van der Waals surface area contributed by atoms with Gasteiger partial charge in [-0.3, -0.25) is 14.5 Å². The molecule has 0 fully saturated rings. The summed E-state index contributed by atoms with van der Waals surface area (Å²) in [7, 11) is 1.67. The molecule has 4 rings (SSSR count). The van der Waals surface area contributed by atoms with Gasteiger partial charge in [-0.05, 0) is 37.5 Å². The molecular weight excluding hydrogens is 508 g/mol. The van der Waals surface area contributed by atoms with E-state index in [0.29, 0.717) is 18.3 Å². The molecule has 0 saturated heterocycles. The van der Waals surface area contributed by atoms with Gasteiger partial charge in [0.1, 0.15) is 18.1 Å². The van der Waals surface area contributed by atoms with Gasteiger partial charge in [-0.1, -0.05) is 70.5 Å². The minimum Gasteiger partial charge on any atom is -0.496 e. The maximum absolute atomic E-state index is 13.8. The topological polar surface area (TPSA) is 76.5 Å². The van der Waals surface area contributed by atoms with Crippen molar-refractivity contribution in [3.8, 4) is 11.4 Å². The summed E-state index contributed by atoms with van der Waals surface area (Å²) in [4.78, 5) is 28.6. The third-order valence-electron chi connectivity index (χ3n) is 6.81. The van der Waals surface area contributed by atoms with E-state index in [-0.39, 0.29) is 34.8 Å². The largest absolute Gasteiger partial charge is 0.496 e. The number of para-hydroxylation sites is 1. The average Bonchev–Trinajstić information content (AvgIpc) is 3.20. The van der Waals surface area contributed by atoms with Crippen molar-refractivity contribution in [2.24, 2.45) is 5.92 Å². The number of aryl methyl sites for hydroxylation is 2. The Labute approximate surface area is 236 Å². The summed E-state index contributed by atoms with van der Waals surface area (Å²) in [6, 6.07) is 14.2. The van der Waals surface area contributed by atoms with Crippen LogP contribution in [0.2, 0.25) is 0 Å². The van der Waals surface area contributed by atoms with Crippen LogP contribution in [0, 0.1) is 19.8 Å². The van der Waals surface area contributed by atoms with Crippen LogP contribution < -0.4 is 15.0 Å². The Kier molecular flexibility index (Phi) is 8.45. The molecule has 1 N–H and O–H groups in total. The van der Waals surface area contributed by atoms with E-state index in [2.05, 4.69) is 72.0 Å². The lowest BCUT2D eigenvalue weighted by molar-refractivity contribution is -0.123. The van der Waals surface area contributed by atoms with Gasteiger partial charge >= 0.3 is 0 Å². The van der Waals surface area contributed by atoms with Crippen molar-refractivity contribution < 1.29 is 14.3 Å². The predicted octanol–water partition coefficient (Wildman–Crippen LogP) is 5.74. The molecule has 208 valence electrons. The molecule has 39 heavy (non-hydrogen) atoms. The van der Waals surface area contributed by atoms with Gasteiger partial charge in [-0.2, -0.15) is 5.10 Å². The van der Waals surface area contributed by atoms with Crippen LogP contribution in [0.15, 0.2) is 42.5 Å². The Morgan fingerprint density at radius 3 is 2.54 bits per heavy atom. The number of nitrogens with zero attached hydrogens (tertiary/aromatic N) is 3. The molecule has 8 heteroatoms. The maximum Gasteiger partial charge on any atom is 0.240 e. The summed E-state index contributed by atoms with van der Waals surface area (Å²) in [6.45, 7) is 15.1. The van der Waals surface area contributed by atoms with E-state index in [1.54, 1.807) is 23.8 Å². The molecule has 1 aromatic heterocycles. The molecule has 0 aliphatic carbocycles. The van der Waals surface area contributed by atoms with Crippen molar-refractivity contribution in [2.45, 2.75) is 59.1 Å². The quantitative estimate of drug-likeness (QED) is 0.408. The SMILES string of the molecule is COc1ccccc1[C@@H]1SCC(=O)N(CC(=O)NCC(C)C)c2c1c(C(C)(C)C)nn2-c1ccc(C)cc1C. The lowest BCUT2D eigenvalue weighted by atomic mass is 9.87. The van der Waals surface area contributed by atoms with Crippen LogP contribution in [-0.4, -0.2) is 47.5 Å². The van der Waals surface area contributed by atoms with E-state index in [1.807, 2.05) is 28.9 Å². The summed E-state index contributed by atoms with van der Waals surface area (Å²) in [5.74, 6) is 1.64. The van der Waals surface area contributed by atoms with Crippen LogP contribution >= 0.6 is 11.8 Å². The van der Waals surface area contributed by atoms with Gasteiger partial charge in [0, 0.05) is 23.1 Å². The number of hydrogen-bond acceptors (Lipinski definition) is 5. The Bertz CT molecular complexity index is 1370. The molecule has 0 spiro atoms.